The van der Waals surface area contributed by atoms with Gasteiger partial charge in [0.25, 0.3) is 0 Å². The van der Waals surface area contributed by atoms with E-state index in [4.69, 9.17) is 20.8 Å². The quantitative estimate of drug-likeness (QED) is 0.613. The van der Waals surface area contributed by atoms with E-state index in [0.29, 0.717) is 29.0 Å². The van der Waals surface area contributed by atoms with Crippen molar-refractivity contribution in [1.29, 1.82) is 0 Å². The maximum atomic E-state index is 12.0. The molecule has 2 atom stereocenters. The van der Waals surface area contributed by atoms with E-state index < -0.39 is 0 Å². The summed E-state index contributed by atoms with van der Waals surface area (Å²) in [6, 6.07) is 11.1. The Kier molecular flexibility index (Phi) is 4.74. The molecule has 4 rings (SSSR count). The molecule has 1 fully saturated rings. The zero-order valence-electron chi connectivity index (χ0n) is 14.0. The number of thioether (sulfide) groups is 1. The molecule has 0 spiro atoms. The van der Waals surface area contributed by atoms with Gasteiger partial charge in [-0.1, -0.05) is 23.4 Å². The number of carbonyl (C=O) groups excluding carboxylic acids is 1. The van der Waals surface area contributed by atoms with Crippen LogP contribution in [0.2, 0.25) is 5.02 Å². The van der Waals surface area contributed by atoms with Gasteiger partial charge in [0.2, 0.25) is 0 Å². The van der Waals surface area contributed by atoms with Crippen LogP contribution in [0.1, 0.15) is 19.1 Å². The number of aromatic nitrogens is 3. The molecule has 3 aromatic rings. The maximum absolute atomic E-state index is 12.0. The van der Waals surface area contributed by atoms with Gasteiger partial charge in [-0.05, 0) is 43.3 Å². The van der Waals surface area contributed by atoms with E-state index in [1.165, 1.54) is 11.8 Å². The van der Waals surface area contributed by atoms with Crippen molar-refractivity contribution in [2.24, 2.45) is 0 Å². The number of hydrogen-bond donors (Lipinski definition) is 0. The van der Waals surface area contributed by atoms with Crippen molar-refractivity contribution in [3.05, 3.63) is 53.4 Å². The summed E-state index contributed by atoms with van der Waals surface area (Å²) >= 11 is 7.37. The van der Waals surface area contributed by atoms with E-state index in [1.807, 2.05) is 47.9 Å². The van der Waals surface area contributed by atoms with Crippen LogP contribution in [-0.2, 0) is 16.1 Å². The van der Waals surface area contributed by atoms with Crippen molar-refractivity contribution < 1.29 is 13.9 Å². The predicted molar refractivity (Wildman–Crippen MR) is 98.1 cm³/mol. The number of rotatable bonds is 5. The van der Waals surface area contributed by atoms with Crippen LogP contribution in [0.15, 0.2) is 52.2 Å². The van der Waals surface area contributed by atoms with Crippen LogP contribution in [-0.4, -0.2) is 32.1 Å². The third kappa shape index (κ3) is 3.50. The number of carbonyl (C=O) groups is 1. The fraction of sp³-hybridized carbons (Fsp3) is 0.278. The molecule has 0 aliphatic carbocycles. The molecule has 134 valence electrons. The molecule has 0 radical (unpaired) electrons. The molecule has 1 aromatic carbocycles. The zero-order valence-corrected chi connectivity index (χ0v) is 15.5. The van der Waals surface area contributed by atoms with Crippen molar-refractivity contribution in [3.8, 4) is 11.4 Å². The molecule has 0 N–H and O–H groups in total. The van der Waals surface area contributed by atoms with Gasteiger partial charge in [0.15, 0.2) is 11.0 Å². The summed E-state index contributed by atoms with van der Waals surface area (Å²) in [4.78, 5) is 12.0. The van der Waals surface area contributed by atoms with E-state index in [0.717, 1.165) is 11.3 Å². The number of benzene rings is 1. The highest BCUT2D eigenvalue weighted by atomic mass is 35.5. The summed E-state index contributed by atoms with van der Waals surface area (Å²) in [6.07, 6.45) is 2.22. The number of furan rings is 1. The molecule has 0 bridgehead atoms. The first-order chi connectivity index (χ1) is 12.6. The van der Waals surface area contributed by atoms with Crippen LogP contribution < -0.4 is 0 Å². The number of halogens is 1. The Morgan fingerprint density at radius 3 is 2.73 bits per heavy atom. The predicted octanol–water partition coefficient (Wildman–Crippen LogP) is 4.04. The summed E-state index contributed by atoms with van der Waals surface area (Å²) in [5, 5.41) is 9.69. The van der Waals surface area contributed by atoms with Gasteiger partial charge >= 0.3 is 5.97 Å². The Bertz CT molecular complexity index is 908. The maximum Gasteiger partial charge on any atom is 0.319 e. The molecular weight excluding hydrogens is 374 g/mol. The molecule has 26 heavy (non-hydrogen) atoms. The van der Waals surface area contributed by atoms with E-state index in [1.54, 1.807) is 6.26 Å². The minimum atomic E-state index is -0.275. The van der Waals surface area contributed by atoms with Crippen LogP contribution in [0.25, 0.3) is 11.4 Å². The van der Waals surface area contributed by atoms with Crippen LogP contribution in [0.3, 0.4) is 0 Å². The second kappa shape index (κ2) is 7.17. The van der Waals surface area contributed by atoms with Gasteiger partial charge in [0, 0.05) is 17.0 Å². The molecule has 3 heterocycles. The first-order valence-corrected chi connectivity index (χ1v) is 9.44. The molecule has 1 aliphatic heterocycles. The van der Waals surface area contributed by atoms with Gasteiger partial charge in [-0.3, -0.25) is 9.36 Å². The zero-order chi connectivity index (χ0) is 18.1. The summed E-state index contributed by atoms with van der Waals surface area (Å²) in [5.41, 5.74) is 0.891. The third-order valence-electron chi connectivity index (χ3n) is 4.09. The van der Waals surface area contributed by atoms with E-state index >= 15 is 0 Å². The summed E-state index contributed by atoms with van der Waals surface area (Å²) < 4.78 is 12.7. The Hall–Kier alpha value is -2.25. The van der Waals surface area contributed by atoms with E-state index in [2.05, 4.69) is 10.2 Å². The Balaban J connectivity index is 1.69. The molecule has 2 aromatic heterocycles. The average molecular weight is 390 g/mol. The highest BCUT2D eigenvalue weighted by Gasteiger charge is 2.34. The van der Waals surface area contributed by atoms with E-state index in [-0.39, 0.29) is 17.3 Å². The van der Waals surface area contributed by atoms with Gasteiger partial charge < -0.3 is 9.15 Å². The third-order valence-corrected chi connectivity index (χ3v) is 5.52. The first kappa shape index (κ1) is 17.2. The fourth-order valence-electron chi connectivity index (χ4n) is 2.83. The smallest absolute Gasteiger partial charge is 0.319 e. The Labute approximate surface area is 159 Å². The lowest BCUT2D eigenvalue weighted by Crippen LogP contribution is -2.12. The monoisotopic (exact) mass is 389 g/mol. The highest BCUT2D eigenvalue weighted by molar-refractivity contribution is 8.00. The average Bonchev–Trinajstić information content (AvgIpc) is 3.32. The second-order valence-corrected chi connectivity index (χ2v) is 7.67. The van der Waals surface area contributed by atoms with Gasteiger partial charge in [0.1, 0.15) is 17.1 Å². The molecular formula is C18H16ClN3O3S. The number of esters is 1. The normalized spacial score (nSPS) is 19.7. The summed E-state index contributed by atoms with van der Waals surface area (Å²) in [6.45, 7) is 2.36. The standard InChI is InChI=1S/C18H16ClN3O3S/c1-11-9-15(17(23)25-11)26-18-21-20-16(12-4-6-13(19)7-5-12)22(18)10-14-3-2-8-24-14/h2-8,11,15H,9-10H2,1H3/t11-,15+/m0/s1. The number of ether oxygens (including phenoxy) is 1. The first-order valence-electron chi connectivity index (χ1n) is 8.19. The van der Waals surface area contributed by atoms with Crippen LogP contribution in [0.5, 0.6) is 0 Å². The second-order valence-electron chi connectivity index (χ2n) is 6.07. The van der Waals surface area contributed by atoms with Gasteiger partial charge in [-0.25, -0.2) is 0 Å². The largest absolute Gasteiger partial charge is 0.467 e. The van der Waals surface area contributed by atoms with Crippen LogP contribution >= 0.6 is 23.4 Å². The molecule has 1 aliphatic rings. The van der Waals surface area contributed by atoms with Crippen molar-refractivity contribution in [2.45, 2.75) is 36.4 Å². The summed E-state index contributed by atoms with van der Waals surface area (Å²) in [5.74, 6) is 1.27. The minimum Gasteiger partial charge on any atom is -0.467 e. The SMILES string of the molecule is C[C@H]1C[C@@H](Sc2nnc(-c3ccc(Cl)cc3)n2Cc2ccco2)C(=O)O1. The number of nitrogens with zero attached hydrogens (tertiary/aromatic N) is 3. The number of cyclic esters (lactones) is 1. The van der Waals surface area contributed by atoms with Crippen molar-refractivity contribution in [1.82, 2.24) is 14.8 Å². The summed E-state index contributed by atoms with van der Waals surface area (Å²) in [7, 11) is 0. The molecule has 8 heteroatoms. The Morgan fingerprint density at radius 1 is 1.27 bits per heavy atom. The molecule has 1 saturated heterocycles. The van der Waals surface area contributed by atoms with Crippen molar-refractivity contribution >= 4 is 29.3 Å². The van der Waals surface area contributed by atoms with Gasteiger partial charge in [-0.15, -0.1) is 10.2 Å². The lowest BCUT2D eigenvalue weighted by Gasteiger charge is -2.10. The van der Waals surface area contributed by atoms with Crippen molar-refractivity contribution in [2.75, 3.05) is 0 Å². The van der Waals surface area contributed by atoms with Crippen LogP contribution in [0.4, 0.5) is 0 Å². The molecule has 6 nitrogen and oxygen atoms in total. The highest BCUT2D eigenvalue weighted by Crippen LogP contribution is 2.33. The molecule has 0 amide bonds. The lowest BCUT2D eigenvalue weighted by atomic mass is 10.2. The Morgan fingerprint density at radius 2 is 2.08 bits per heavy atom. The van der Waals surface area contributed by atoms with Crippen molar-refractivity contribution in [3.63, 3.8) is 0 Å². The topological polar surface area (TPSA) is 70.2 Å². The van der Waals surface area contributed by atoms with Gasteiger partial charge in [0.05, 0.1) is 12.8 Å². The number of hydrogen-bond acceptors (Lipinski definition) is 6. The molecule has 0 unspecified atom stereocenters. The van der Waals surface area contributed by atoms with Crippen LogP contribution in [0, 0.1) is 0 Å². The fourth-order valence-corrected chi connectivity index (χ4v) is 4.10. The van der Waals surface area contributed by atoms with E-state index in [9.17, 15) is 4.79 Å². The lowest BCUT2D eigenvalue weighted by molar-refractivity contribution is -0.140. The van der Waals surface area contributed by atoms with Gasteiger partial charge in [-0.2, -0.15) is 0 Å². The minimum absolute atomic E-state index is 0.0721. The molecule has 0 saturated carbocycles.